The molecule has 0 spiro atoms. The van der Waals surface area contributed by atoms with Crippen molar-refractivity contribution in [3.05, 3.63) is 16.4 Å². The fourth-order valence-corrected chi connectivity index (χ4v) is 2.20. The van der Waals surface area contributed by atoms with E-state index in [9.17, 15) is 9.90 Å². The van der Waals surface area contributed by atoms with Crippen molar-refractivity contribution in [1.82, 2.24) is 15.1 Å². The minimum absolute atomic E-state index is 0.152. The van der Waals surface area contributed by atoms with Gasteiger partial charge in [-0.3, -0.25) is 9.48 Å². The van der Waals surface area contributed by atoms with Crippen LogP contribution in [-0.2, 0) is 18.3 Å². The van der Waals surface area contributed by atoms with Gasteiger partial charge in [-0.1, -0.05) is 25.4 Å². The van der Waals surface area contributed by atoms with E-state index in [1.165, 1.54) is 0 Å². The highest BCUT2D eigenvalue weighted by Crippen LogP contribution is 2.18. The Labute approximate surface area is 118 Å². The first-order chi connectivity index (χ1) is 8.81. The van der Waals surface area contributed by atoms with Crippen molar-refractivity contribution in [2.24, 2.45) is 13.0 Å². The summed E-state index contributed by atoms with van der Waals surface area (Å²) in [6, 6.07) is 0. The summed E-state index contributed by atoms with van der Waals surface area (Å²) in [4.78, 5) is 11.8. The summed E-state index contributed by atoms with van der Waals surface area (Å²) in [6.07, 6.45) is 0.356. The maximum Gasteiger partial charge on any atom is 0.224 e. The van der Waals surface area contributed by atoms with Crippen molar-refractivity contribution in [3.8, 4) is 0 Å². The summed E-state index contributed by atoms with van der Waals surface area (Å²) in [5.41, 5.74) is 1.49. The summed E-state index contributed by atoms with van der Waals surface area (Å²) in [5.74, 6) is 0.253. The second-order valence-electron chi connectivity index (χ2n) is 5.24. The van der Waals surface area contributed by atoms with Crippen molar-refractivity contribution in [2.45, 2.75) is 39.7 Å². The Morgan fingerprint density at radius 2 is 2.16 bits per heavy atom. The number of nitrogens with one attached hydrogen (secondary N) is 1. The highest BCUT2D eigenvalue weighted by Gasteiger charge is 2.15. The average molecular weight is 288 g/mol. The third-order valence-electron chi connectivity index (χ3n) is 2.89. The molecule has 0 aliphatic heterocycles. The lowest BCUT2D eigenvalue weighted by Gasteiger charge is -2.13. The van der Waals surface area contributed by atoms with Crippen LogP contribution in [0.25, 0.3) is 0 Å². The van der Waals surface area contributed by atoms with Gasteiger partial charge in [0.05, 0.1) is 18.2 Å². The van der Waals surface area contributed by atoms with Crippen LogP contribution in [0, 0.1) is 12.8 Å². The number of hydrogen-bond acceptors (Lipinski definition) is 3. The number of rotatable bonds is 6. The molecule has 0 bridgehead atoms. The lowest BCUT2D eigenvalue weighted by Crippen LogP contribution is -2.33. The fraction of sp³-hybridized carbons (Fsp3) is 0.692. The van der Waals surface area contributed by atoms with Crippen LogP contribution in [0.5, 0.6) is 0 Å². The molecule has 0 saturated heterocycles. The molecule has 0 radical (unpaired) electrons. The molecule has 1 rings (SSSR count). The highest BCUT2D eigenvalue weighted by atomic mass is 35.5. The summed E-state index contributed by atoms with van der Waals surface area (Å²) in [7, 11) is 1.74. The van der Waals surface area contributed by atoms with Gasteiger partial charge in [0.2, 0.25) is 5.91 Å². The van der Waals surface area contributed by atoms with Gasteiger partial charge in [0.15, 0.2) is 0 Å². The van der Waals surface area contributed by atoms with Gasteiger partial charge in [0, 0.05) is 19.2 Å². The SMILES string of the molecule is Cc1nn(C)c(Cl)c1CC(=O)NCC(O)CC(C)C. The molecule has 6 heteroatoms. The topological polar surface area (TPSA) is 67.2 Å². The first-order valence-corrected chi connectivity index (χ1v) is 6.81. The van der Waals surface area contributed by atoms with Gasteiger partial charge in [-0.2, -0.15) is 5.10 Å². The zero-order valence-corrected chi connectivity index (χ0v) is 12.7. The Morgan fingerprint density at radius 3 is 2.63 bits per heavy atom. The minimum Gasteiger partial charge on any atom is -0.391 e. The number of halogens is 1. The lowest BCUT2D eigenvalue weighted by molar-refractivity contribution is -0.120. The zero-order valence-electron chi connectivity index (χ0n) is 11.9. The molecule has 19 heavy (non-hydrogen) atoms. The number of amides is 1. The Balaban J connectivity index is 2.47. The van der Waals surface area contributed by atoms with Crippen molar-refractivity contribution < 1.29 is 9.90 Å². The number of aliphatic hydroxyl groups is 1. The van der Waals surface area contributed by atoms with Crippen molar-refractivity contribution in [2.75, 3.05) is 6.54 Å². The van der Waals surface area contributed by atoms with Crippen LogP contribution < -0.4 is 5.32 Å². The number of aromatic nitrogens is 2. The van der Waals surface area contributed by atoms with Crippen LogP contribution in [0.3, 0.4) is 0 Å². The molecule has 1 aromatic rings. The molecule has 1 atom stereocenters. The van der Waals surface area contributed by atoms with Crippen LogP contribution in [0.15, 0.2) is 0 Å². The van der Waals surface area contributed by atoms with Crippen molar-refractivity contribution in [3.63, 3.8) is 0 Å². The Morgan fingerprint density at radius 1 is 1.53 bits per heavy atom. The molecular formula is C13H22ClN3O2. The van der Waals surface area contributed by atoms with Gasteiger partial charge < -0.3 is 10.4 Å². The van der Waals surface area contributed by atoms with Crippen LogP contribution >= 0.6 is 11.6 Å². The Bertz CT molecular complexity index is 443. The van der Waals surface area contributed by atoms with E-state index in [1.807, 2.05) is 20.8 Å². The number of carbonyl (C=O) groups is 1. The van der Waals surface area contributed by atoms with E-state index < -0.39 is 6.10 Å². The maximum atomic E-state index is 11.8. The number of aryl methyl sites for hydroxylation is 2. The first-order valence-electron chi connectivity index (χ1n) is 6.44. The van der Waals surface area contributed by atoms with Gasteiger partial charge in [0.25, 0.3) is 0 Å². The minimum atomic E-state index is -0.505. The molecule has 2 N–H and O–H groups in total. The van der Waals surface area contributed by atoms with Crippen molar-refractivity contribution in [1.29, 1.82) is 0 Å². The summed E-state index contributed by atoms with van der Waals surface area (Å²) < 4.78 is 1.55. The molecule has 0 saturated carbocycles. The lowest BCUT2D eigenvalue weighted by atomic mass is 10.1. The molecule has 108 valence electrons. The van der Waals surface area contributed by atoms with E-state index in [4.69, 9.17) is 11.6 Å². The summed E-state index contributed by atoms with van der Waals surface area (Å²) >= 11 is 6.06. The second-order valence-corrected chi connectivity index (χ2v) is 5.60. The number of aliphatic hydroxyl groups excluding tert-OH is 1. The summed E-state index contributed by atoms with van der Waals surface area (Å²) in [5, 5.41) is 17.0. The Kier molecular flexibility index (Phi) is 5.82. The Hall–Kier alpha value is -1.07. The second kappa shape index (κ2) is 6.91. The van der Waals surface area contributed by atoms with Crippen molar-refractivity contribution >= 4 is 17.5 Å². The number of carbonyl (C=O) groups excluding carboxylic acids is 1. The van der Waals surface area contributed by atoms with Crippen LogP contribution in [-0.4, -0.2) is 33.4 Å². The predicted molar refractivity (Wildman–Crippen MR) is 75.1 cm³/mol. The van der Waals surface area contributed by atoms with Gasteiger partial charge in [-0.25, -0.2) is 0 Å². The third-order valence-corrected chi connectivity index (χ3v) is 3.36. The van der Waals surface area contributed by atoms with Gasteiger partial charge in [-0.15, -0.1) is 0 Å². The first kappa shape index (κ1) is 16.0. The van der Waals surface area contributed by atoms with Crippen LogP contribution in [0.2, 0.25) is 5.15 Å². The molecule has 0 aliphatic rings. The highest BCUT2D eigenvalue weighted by molar-refractivity contribution is 6.30. The van der Waals surface area contributed by atoms with E-state index in [-0.39, 0.29) is 18.9 Å². The smallest absolute Gasteiger partial charge is 0.224 e. The monoisotopic (exact) mass is 287 g/mol. The molecule has 1 heterocycles. The van der Waals surface area contributed by atoms with Gasteiger partial charge in [0.1, 0.15) is 5.15 Å². The molecular weight excluding hydrogens is 266 g/mol. The number of nitrogens with zero attached hydrogens (tertiary/aromatic N) is 2. The summed E-state index contributed by atoms with van der Waals surface area (Å²) in [6.45, 7) is 6.16. The largest absolute Gasteiger partial charge is 0.391 e. The van der Waals surface area contributed by atoms with E-state index in [0.29, 0.717) is 17.5 Å². The maximum absolute atomic E-state index is 11.8. The van der Waals surface area contributed by atoms with Crippen LogP contribution in [0.1, 0.15) is 31.5 Å². The molecule has 1 amide bonds. The fourth-order valence-electron chi connectivity index (χ4n) is 1.96. The predicted octanol–water partition coefficient (Wildman–Crippen LogP) is 1.45. The molecule has 0 aliphatic carbocycles. The molecule has 1 aromatic heterocycles. The standard InChI is InChI=1S/C13H22ClN3O2/c1-8(2)5-10(18)7-15-12(19)6-11-9(3)16-17(4)13(11)14/h8,10,18H,5-7H2,1-4H3,(H,15,19). The zero-order chi connectivity index (χ0) is 14.6. The molecule has 0 aromatic carbocycles. The average Bonchev–Trinajstić information content (AvgIpc) is 2.52. The van der Waals surface area contributed by atoms with Gasteiger partial charge in [-0.05, 0) is 19.3 Å². The molecule has 1 unspecified atom stereocenters. The molecule has 5 nitrogen and oxygen atoms in total. The third kappa shape index (κ3) is 4.84. The van der Waals surface area contributed by atoms with E-state index in [1.54, 1.807) is 11.7 Å². The van der Waals surface area contributed by atoms with Gasteiger partial charge >= 0.3 is 0 Å². The van der Waals surface area contributed by atoms with E-state index >= 15 is 0 Å². The van der Waals surface area contributed by atoms with E-state index in [0.717, 1.165) is 11.3 Å². The normalized spacial score (nSPS) is 12.8. The quantitative estimate of drug-likeness (QED) is 0.832. The van der Waals surface area contributed by atoms with Crippen LogP contribution in [0.4, 0.5) is 0 Å². The van der Waals surface area contributed by atoms with E-state index in [2.05, 4.69) is 10.4 Å². The molecule has 0 fully saturated rings. The number of hydrogen-bond donors (Lipinski definition) is 2.